The lowest BCUT2D eigenvalue weighted by atomic mass is 9.92. The van der Waals surface area contributed by atoms with Crippen molar-refractivity contribution in [3.63, 3.8) is 0 Å². The first kappa shape index (κ1) is 13.8. The van der Waals surface area contributed by atoms with E-state index in [0.29, 0.717) is 0 Å². The summed E-state index contributed by atoms with van der Waals surface area (Å²) in [6.45, 7) is 4.17. The molecule has 0 N–H and O–H groups in total. The van der Waals surface area contributed by atoms with E-state index in [1.807, 2.05) is 12.4 Å². The van der Waals surface area contributed by atoms with Crippen LogP contribution in [0.2, 0.25) is 0 Å². The molecule has 2 nitrogen and oxygen atoms in total. The quantitative estimate of drug-likeness (QED) is 0.528. The number of hydrogen-bond acceptors (Lipinski definition) is 2. The Balaban J connectivity index is 2.21. The fourth-order valence-corrected chi connectivity index (χ4v) is 3.38. The minimum Gasteiger partial charge on any atom is -0.343 e. The second-order valence-corrected chi connectivity index (χ2v) is 5.84. The molecule has 0 atom stereocenters. The van der Waals surface area contributed by atoms with Crippen molar-refractivity contribution in [3.8, 4) is 0 Å². The van der Waals surface area contributed by atoms with Gasteiger partial charge in [-0.1, -0.05) is 61.2 Å². The number of fused-ring (bicyclic) bond motifs is 6. The van der Waals surface area contributed by atoms with Crippen LogP contribution in [0, 0.1) is 0 Å². The Morgan fingerprint density at radius 2 is 1.52 bits per heavy atom. The summed E-state index contributed by atoms with van der Waals surface area (Å²) in [6.07, 6.45) is 6.65. The van der Waals surface area contributed by atoms with Crippen LogP contribution in [-0.2, 0) is 6.42 Å². The second kappa shape index (κ2) is 5.40. The first-order valence-electron chi connectivity index (χ1n) is 7.80. The predicted molar refractivity (Wildman–Crippen MR) is 100 cm³/mol. The number of aliphatic imine (C=N–C) groups is 1. The zero-order valence-corrected chi connectivity index (χ0v) is 13.2. The number of benzene rings is 3. The van der Waals surface area contributed by atoms with Crippen LogP contribution >= 0.6 is 0 Å². The van der Waals surface area contributed by atoms with E-state index >= 15 is 0 Å². The summed E-state index contributed by atoms with van der Waals surface area (Å²) in [5.74, 6) is 0. The van der Waals surface area contributed by atoms with Gasteiger partial charge in [-0.2, -0.15) is 0 Å². The van der Waals surface area contributed by atoms with Crippen LogP contribution in [0.25, 0.3) is 21.5 Å². The Labute approximate surface area is 136 Å². The molecular formula is C21H18N2. The molecule has 1 aliphatic heterocycles. The number of nitrogens with zero attached hydrogens (tertiary/aromatic N) is 2. The Morgan fingerprint density at radius 1 is 0.913 bits per heavy atom. The molecule has 112 valence electrons. The molecule has 0 spiro atoms. The van der Waals surface area contributed by atoms with E-state index in [2.05, 4.69) is 78.1 Å². The molecule has 0 saturated heterocycles. The van der Waals surface area contributed by atoms with Crippen LogP contribution < -0.4 is 4.90 Å². The fraction of sp³-hybridized carbons (Fsp3) is 0.0952. The molecule has 0 bridgehead atoms. The molecule has 0 aromatic heterocycles. The van der Waals surface area contributed by atoms with Crippen molar-refractivity contribution in [2.45, 2.75) is 6.42 Å². The molecule has 0 aliphatic carbocycles. The van der Waals surface area contributed by atoms with Gasteiger partial charge in [-0.3, -0.25) is 4.99 Å². The van der Waals surface area contributed by atoms with Crippen LogP contribution in [0.3, 0.4) is 0 Å². The summed E-state index contributed by atoms with van der Waals surface area (Å²) in [6, 6.07) is 17.2. The van der Waals surface area contributed by atoms with E-state index in [-0.39, 0.29) is 0 Å². The van der Waals surface area contributed by atoms with Crippen molar-refractivity contribution in [1.82, 2.24) is 0 Å². The maximum Gasteiger partial charge on any atom is 0.0530 e. The van der Waals surface area contributed by atoms with Gasteiger partial charge in [0.25, 0.3) is 0 Å². The molecule has 3 aromatic carbocycles. The minimum absolute atomic E-state index is 0.857. The third-order valence-corrected chi connectivity index (χ3v) is 4.51. The van der Waals surface area contributed by atoms with E-state index in [1.54, 1.807) is 0 Å². The van der Waals surface area contributed by atoms with Crippen LogP contribution in [0.15, 0.2) is 78.1 Å². The topological polar surface area (TPSA) is 15.6 Å². The molecule has 2 heteroatoms. The maximum absolute atomic E-state index is 4.32. The standard InChI is InChI=1S/C21H18N2/c1-15-14-22-13-7-12-20-18-9-4-3-8-16(18)17-10-5-6-11-19(17)21(20)23(15)2/h3-11,13-14H,1,12H2,2H3/b13-7-,22-14?. The van der Waals surface area contributed by atoms with Gasteiger partial charge in [0.1, 0.15) is 0 Å². The van der Waals surface area contributed by atoms with Crippen molar-refractivity contribution in [2.75, 3.05) is 11.9 Å². The molecule has 4 rings (SSSR count). The van der Waals surface area contributed by atoms with Gasteiger partial charge in [-0.25, -0.2) is 0 Å². The van der Waals surface area contributed by atoms with Crippen LogP contribution in [0.5, 0.6) is 0 Å². The molecular weight excluding hydrogens is 280 g/mol. The van der Waals surface area contributed by atoms with Crippen molar-refractivity contribution in [1.29, 1.82) is 0 Å². The number of allylic oxidation sites excluding steroid dienone is 2. The highest BCUT2D eigenvalue weighted by atomic mass is 15.1. The van der Waals surface area contributed by atoms with E-state index < -0.39 is 0 Å². The molecule has 0 amide bonds. The molecule has 1 heterocycles. The zero-order chi connectivity index (χ0) is 15.8. The number of hydrogen-bond donors (Lipinski definition) is 0. The Kier molecular flexibility index (Phi) is 3.23. The Morgan fingerprint density at radius 3 is 2.26 bits per heavy atom. The van der Waals surface area contributed by atoms with Gasteiger partial charge in [-0.15, -0.1) is 0 Å². The van der Waals surface area contributed by atoms with Crippen LogP contribution in [0.1, 0.15) is 5.56 Å². The van der Waals surface area contributed by atoms with Crippen molar-refractivity contribution >= 4 is 33.4 Å². The predicted octanol–water partition coefficient (Wildman–Crippen LogP) is 5.08. The highest BCUT2D eigenvalue weighted by molar-refractivity contribution is 6.16. The molecule has 0 fully saturated rings. The first-order chi connectivity index (χ1) is 11.3. The minimum atomic E-state index is 0.857. The van der Waals surface area contributed by atoms with E-state index in [9.17, 15) is 0 Å². The van der Waals surface area contributed by atoms with Crippen molar-refractivity contribution < 1.29 is 0 Å². The average molecular weight is 298 g/mol. The Bertz CT molecular complexity index is 980. The maximum atomic E-state index is 4.32. The van der Waals surface area contributed by atoms with Gasteiger partial charge in [0.15, 0.2) is 0 Å². The molecule has 0 radical (unpaired) electrons. The highest BCUT2D eigenvalue weighted by Crippen LogP contribution is 2.39. The summed E-state index contributed by atoms with van der Waals surface area (Å²) >= 11 is 0. The third-order valence-electron chi connectivity index (χ3n) is 4.51. The van der Waals surface area contributed by atoms with Gasteiger partial charge in [0.05, 0.1) is 11.4 Å². The molecule has 3 aromatic rings. The highest BCUT2D eigenvalue weighted by Gasteiger charge is 2.17. The smallest absolute Gasteiger partial charge is 0.0530 e. The summed E-state index contributed by atoms with van der Waals surface area (Å²) < 4.78 is 0. The third kappa shape index (κ3) is 2.15. The van der Waals surface area contributed by atoms with Crippen LogP contribution in [-0.4, -0.2) is 13.3 Å². The Hall–Kier alpha value is -2.87. The van der Waals surface area contributed by atoms with E-state index in [4.69, 9.17) is 0 Å². The van der Waals surface area contributed by atoms with Gasteiger partial charge in [0.2, 0.25) is 0 Å². The molecule has 0 unspecified atom stereocenters. The summed E-state index contributed by atoms with van der Waals surface area (Å²) in [7, 11) is 2.07. The second-order valence-electron chi connectivity index (χ2n) is 5.84. The van der Waals surface area contributed by atoms with Gasteiger partial charge < -0.3 is 4.90 Å². The first-order valence-corrected chi connectivity index (χ1v) is 7.80. The van der Waals surface area contributed by atoms with E-state index in [0.717, 1.165) is 12.1 Å². The lowest BCUT2D eigenvalue weighted by Crippen LogP contribution is -2.18. The van der Waals surface area contributed by atoms with Crippen LogP contribution in [0.4, 0.5) is 5.69 Å². The fourth-order valence-electron chi connectivity index (χ4n) is 3.38. The van der Waals surface area contributed by atoms with E-state index in [1.165, 1.54) is 32.8 Å². The summed E-state index contributed by atoms with van der Waals surface area (Å²) in [5.41, 5.74) is 3.44. The molecule has 23 heavy (non-hydrogen) atoms. The number of anilines is 1. The zero-order valence-electron chi connectivity index (χ0n) is 13.2. The molecule has 0 saturated carbocycles. The lowest BCUT2D eigenvalue weighted by Gasteiger charge is -2.25. The van der Waals surface area contributed by atoms with Gasteiger partial charge in [-0.05, 0) is 28.1 Å². The monoisotopic (exact) mass is 298 g/mol. The SMILES string of the molecule is C=C1C=N/C=C\Cc2c(c3ccccc3c3ccccc23)N1C. The van der Waals surface area contributed by atoms with Gasteiger partial charge >= 0.3 is 0 Å². The summed E-state index contributed by atoms with van der Waals surface area (Å²) in [4.78, 5) is 6.47. The summed E-state index contributed by atoms with van der Waals surface area (Å²) in [5, 5.41) is 5.14. The number of rotatable bonds is 0. The lowest BCUT2D eigenvalue weighted by molar-refractivity contribution is 1.15. The van der Waals surface area contributed by atoms with Gasteiger partial charge in [0, 0.05) is 24.8 Å². The largest absolute Gasteiger partial charge is 0.343 e. The van der Waals surface area contributed by atoms with Crippen molar-refractivity contribution in [2.24, 2.45) is 4.99 Å². The molecule has 1 aliphatic rings. The normalized spacial score (nSPS) is 16.0. The van der Waals surface area contributed by atoms with Crippen molar-refractivity contribution in [3.05, 3.63) is 78.6 Å². The average Bonchev–Trinajstić information content (AvgIpc) is 2.66.